The number of fused-ring (bicyclic) bond motifs is 1. The van der Waals surface area contributed by atoms with Crippen LogP contribution in [0.5, 0.6) is 11.5 Å². The van der Waals surface area contributed by atoms with E-state index in [2.05, 4.69) is 25.6 Å². The largest absolute Gasteiger partial charge is 0.504 e. The number of hydrazone groups is 1. The van der Waals surface area contributed by atoms with Gasteiger partial charge in [0, 0.05) is 11.4 Å². The van der Waals surface area contributed by atoms with Gasteiger partial charge < -0.3 is 10.2 Å². The predicted molar refractivity (Wildman–Crippen MR) is 85.1 cm³/mol. The van der Waals surface area contributed by atoms with Gasteiger partial charge in [0.1, 0.15) is 0 Å². The summed E-state index contributed by atoms with van der Waals surface area (Å²) in [5.74, 6) is -0.809. The first kappa shape index (κ1) is 15.4. The van der Waals surface area contributed by atoms with Crippen LogP contribution >= 0.6 is 0 Å². The van der Waals surface area contributed by atoms with Crippen molar-refractivity contribution < 1.29 is 15.0 Å². The van der Waals surface area contributed by atoms with Gasteiger partial charge in [0.2, 0.25) is 5.82 Å². The van der Waals surface area contributed by atoms with Crippen molar-refractivity contribution in [3.05, 3.63) is 47.0 Å². The minimum Gasteiger partial charge on any atom is -0.504 e. The average molecular weight is 326 g/mol. The van der Waals surface area contributed by atoms with Crippen LogP contribution in [0.3, 0.4) is 0 Å². The fourth-order valence-corrected chi connectivity index (χ4v) is 2.10. The standard InChI is InChI=1S/C15H14N6O3/c1-8-5-9(2)21-15(17-8)18-13(20-21)14(24)19-16-7-10-3-4-11(22)12(23)6-10/h3-7,22-23H,1-2H3,(H,19,24). The van der Waals surface area contributed by atoms with Crippen molar-refractivity contribution in [3.8, 4) is 11.5 Å². The SMILES string of the molecule is Cc1cc(C)n2nc(C(=O)NN=Cc3ccc(O)c(O)c3)nc2n1. The molecule has 0 spiro atoms. The van der Waals surface area contributed by atoms with E-state index in [4.69, 9.17) is 0 Å². The van der Waals surface area contributed by atoms with E-state index < -0.39 is 5.91 Å². The fraction of sp³-hybridized carbons (Fsp3) is 0.133. The van der Waals surface area contributed by atoms with Crippen molar-refractivity contribution in [3.63, 3.8) is 0 Å². The summed E-state index contributed by atoms with van der Waals surface area (Å²) in [5, 5.41) is 26.5. The van der Waals surface area contributed by atoms with Gasteiger partial charge in [0.15, 0.2) is 11.5 Å². The van der Waals surface area contributed by atoms with Crippen molar-refractivity contribution in [2.24, 2.45) is 5.10 Å². The van der Waals surface area contributed by atoms with Gasteiger partial charge in [0.25, 0.3) is 5.78 Å². The van der Waals surface area contributed by atoms with Crippen molar-refractivity contribution in [1.82, 2.24) is 25.0 Å². The number of phenols is 2. The van der Waals surface area contributed by atoms with E-state index in [1.54, 1.807) is 0 Å². The van der Waals surface area contributed by atoms with E-state index >= 15 is 0 Å². The van der Waals surface area contributed by atoms with E-state index in [0.717, 1.165) is 11.4 Å². The second-order valence-electron chi connectivity index (χ2n) is 5.13. The number of amides is 1. The summed E-state index contributed by atoms with van der Waals surface area (Å²) in [6.07, 6.45) is 1.32. The zero-order valence-corrected chi connectivity index (χ0v) is 12.9. The summed E-state index contributed by atoms with van der Waals surface area (Å²) in [6.45, 7) is 3.67. The molecule has 3 N–H and O–H groups in total. The van der Waals surface area contributed by atoms with E-state index in [0.29, 0.717) is 11.3 Å². The molecule has 0 fully saturated rings. The fourth-order valence-electron chi connectivity index (χ4n) is 2.10. The second kappa shape index (κ2) is 5.95. The Balaban J connectivity index is 1.76. The number of nitrogens with zero attached hydrogens (tertiary/aromatic N) is 5. The third-order valence-corrected chi connectivity index (χ3v) is 3.20. The molecule has 9 nitrogen and oxygen atoms in total. The van der Waals surface area contributed by atoms with Gasteiger partial charge in [-0.2, -0.15) is 10.1 Å². The zero-order valence-electron chi connectivity index (χ0n) is 12.9. The van der Waals surface area contributed by atoms with Crippen molar-refractivity contribution in [1.29, 1.82) is 0 Å². The molecular formula is C15H14N6O3. The van der Waals surface area contributed by atoms with Crippen LogP contribution < -0.4 is 5.43 Å². The van der Waals surface area contributed by atoms with Crippen LogP contribution in [0.1, 0.15) is 27.6 Å². The number of aromatic hydroxyl groups is 2. The van der Waals surface area contributed by atoms with Crippen molar-refractivity contribution in [2.45, 2.75) is 13.8 Å². The first-order chi connectivity index (χ1) is 11.4. The van der Waals surface area contributed by atoms with Gasteiger partial charge in [-0.15, -0.1) is 5.10 Å². The summed E-state index contributed by atoms with van der Waals surface area (Å²) >= 11 is 0. The number of benzene rings is 1. The molecule has 1 aromatic carbocycles. The number of hydrogen-bond acceptors (Lipinski definition) is 7. The highest BCUT2D eigenvalue weighted by atomic mass is 16.3. The summed E-state index contributed by atoms with van der Waals surface area (Å²) in [4.78, 5) is 20.3. The highest BCUT2D eigenvalue weighted by Gasteiger charge is 2.14. The first-order valence-electron chi connectivity index (χ1n) is 7.00. The number of rotatable bonds is 3. The van der Waals surface area contributed by atoms with E-state index in [1.165, 1.54) is 28.9 Å². The molecule has 9 heteroatoms. The van der Waals surface area contributed by atoms with Gasteiger partial charge in [-0.3, -0.25) is 4.79 Å². The van der Waals surface area contributed by atoms with E-state index in [9.17, 15) is 15.0 Å². The number of aryl methyl sites for hydroxylation is 2. The monoisotopic (exact) mass is 326 g/mol. The van der Waals surface area contributed by atoms with Crippen molar-refractivity contribution >= 4 is 17.9 Å². The number of phenolic OH excluding ortho intramolecular Hbond substituents is 2. The Hall–Kier alpha value is -3.49. The van der Waals surface area contributed by atoms with Gasteiger partial charge >= 0.3 is 5.91 Å². The Morgan fingerprint density at radius 1 is 1.21 bits per heavy atom. The molecule has 0 aliphatic rings. The lowest BCUT2D eigenvalue weighted by Crippen LogP contribution is -2.19. The van der Waals surface area contributed by atoms with E-state index in [1.807, 2.05) is 19.9 Å². The molecule has 3 rings (SSSR count). The number of carbonyl (C=O) groups is 1. The molecule has 1 amide bonds. The Labute approximate surface area is 136 Å². The van der Waals surface area contributed by atoms with Crippen LogP contribution in [0.25, 0.3) is 5.78 Å². The van der Waals surface area contributed by atoms with Crippen LogP contribution in [0.15, 0.2) is 29.4 Å². The lowest BCUT2D eigenvalue weighted by molar-refractivity contribution is 0.0945. The second-order valence-corrected chi connectivity index (χ2v) is 5.13. The minimum absolute atomic E-state index is 0.0538. The molecule has 0 saturated heterocycles. The molecule has 0 bridgehead atoms. The number of carbonyl (C=O) groups excluding carboxylic acids is 1. The molecular weight excluding hydrogens is 312 g/mol. The molecule has 24 heavy (non-hydrogen) atoms. The lowest BCUT2D eigenvalue weighted by Gasteiger charge is -1.98. The van der Waals surface area contributed by atoms with Gasteiger partial charge in [-0.05, 0) is 43.7 Å². The topological polar surface area (TPSA) is 125 Å². The van der Waals surface area contributed by atoms with Crippen LogP contribution in [0.4, 0.5) is 0 Å². The van der Waals surface area contributed by atoms with E-state index in [-0.39, 0.29) is 17.3 Å². The average Bonchev–Trinajstić information content (AvgIpc) is 2.95. The molecule has 0 radical (unpaired) electrons. The van der Waals surface area contributed by atoms with Crippen LogP contribution in [0.2, 0.25) is 0 Å². The van der Waals surface area contributed by atoms with Gasteiger partial charge in [0.05, 0.1) is 6.21 Å². The Morgan fingerprint density at radius 2 is 2.00 bits per heavy atom. The van der Waals surface area contributed by atoms with Crippen molar-refractivity contribution in [2.75, 3.05) is 0 Å². The Bertz CT molecular complexity index is 963. The molecule has 0 unspecified atom stereocenters. The highest BCUT2D eigenvalue weighted by Crippen LogP contribution is 2.23. The molecule has 0 atom stereocenters. The molecule has 0 aliphatic carbocycles. The molecule has 2 heterocycles. The van der Waals surface area contributed by atoms with Gasteiger partial charge in [-0.1, -0.05) is 0 Å². The van der Waals surface area contributed by atoms with Crippen LogP contribution in [-0.2, 0) is 0 Å². The maximum absolute atomic E-state index is 12.0. The third-order valence-electron chi connectivity index (χ3n) is 3.20. The number of aromatic nitrogens is 4. The maximum atomic E-state index is 12.0. The summed E-state index contributed by atoms with van der Waals surface area (Å²) < 4.78 is 1.48. The smallest absolute Gasteiger partial charge is 0.311 e. The van der Waals surface area contributed by atoms with Crippen LogP contribution in [0, 0.1) is 13.8 Å². The Kier molecular flexibility index (Phi) is 3.82. The third kappa shape index (κ3) is 3.00. The predicted octanol–water partition coefficient (Wildman–Crippen LogP) is 0.916. The summed E-state index contributed by atoms with van der Waals surface area (Å²) in [5.41, 5.74) is 4.39. The summed E-state index contributed by atoms with van der Waals surface area (Å²) in [6, 6.07) is 5.99. The maximum Gasteiger partial charge on any atom is 0.311 e. The molecule has 3 aromatic rings. The molecule has 2 aromatic heterocycles. The quantitative estimate of drug-likeness (QED) is 0.373. The molecule has 0 aliphatic heterocycles. The minimum atomic E-state index is -0.586. The first-order valence-corrected chi connectivity index (χ1v) is 7.00. The summed E-state index contributed by atoms with van der Waals surface area (Å²) in [7, 11) is 0. The normalized spacial score (nSPS) is 11.2. The molecule has 0 saturated carbocycles. The molecule has 122 valence electrons. The van der Waals surface area contributed by atoms with Crippen LogP contribution in [-0.4, -0.2) is 41.9 Å². The number of nitrogens with one attached hydrogen (secondary N) is 1. The highest BCUT2D eigenvalue weighted by molar-refractivity contribution is 5.91. The van der Waals surface area contributed by atoms with Gasteiger partial charge in [-0.25, -0.2) is 14.9 Å². The zero-order chi connectivity index (χ0) is 17.3. The number of hydrogen-bond donors (Lipinski definition) is 3. The lowest BCUT2D eigenvalue weighted by atomic mass is 10.2. The Morgan fingerprint density at radius 3 is 2.75 bits per heavy atom.